The van der Waals surface area contributed by atoms with Crippen molar-refractivity contribution in [1.29, 1.82) is 0 Å². The van der Waals surface area contributed by atoms with Crippen molar-refractivity contribution in [3.05, 3.63) is 17.7 Å². The number of amides is 1. The number of benzene rings is 1. The summed E-state index contributed by atoms with van der Waals surface area (Å²) in [5.41, 5.74) is 0.781. The second-order valence-corrected chi connectivity index (χ2v) is 8.41. The molecule has 2 aliphatic heterocycles. The Labute approximate surface area is 148 Å². The van der Waals surface area contributed by atoms with E-state index in [1.807, 2.05) is 11.8 Å². The molecule has 2 saturated heterocycles. The predicted molar refractivity (Wildman–Crippen MR) is 92.4 cm³/mol. The summed E-state index contributed by atoms with van der Waals surface area (Å²) in [7, 11) is -0.965. The fourth-order valence-electron chi connectivity index (χ4n) is 3.70. The maximum Gasteiger partial charge on any atom is 0.247 e. The van der Waals surface area contributed by atoms with Crippen LogP contribution in [0, 0.1) is 6.92 Å². The lowest BCUT2D eigenvalue weighted by Crippen LogP contribution is -2.59. The van der Waals surface area contributed by atoms with Gasteiger partial charge in [-0.3, -0.25) is 4.79 Å². The first-order valence-corrected chi connectivity index (χ1v) is 9.80. The van der Waals surface area contributed by atoms with Gasteiger partial charge in [0.05, 0.1) is 14.2 Å². The van der Waals surface area contributed by atoms with Crippen molar-refractivity contribution in [2.24, 2.45) is 0 Å². The molecule has 7 nitrogen and oxygen atoms in total. The summed E-state index contributed by atoms with van der Waals surface area (Å²) in [6, 6.07) is 2.35. The molecular formula is C17H24N2O5S. The number of fused-ring (bicyclic) bond motifs is 1. The van der Waals surface area contributed by atoms with E-state index < -0.39 is 16.1 Å². The number of carbonyl (C=O) groups is 1. The van der Waals surface area contributed by atoms with Gasteiger partial charge in [-0.1, -0.05) is 0 Å². The molecule has 25 heavy (non-hydrogen) atoms. The van der Waals surface area contributed by atoms with E-state index in [4.69, 9.17) is 9.47 Å². The van der Waals surface area contributed by atoms with Crippen LogP contribution in [0.5, 0.6) is 11.5 Å². The highest BCUT2D eigenvalue weighted by Gasteiger charge is 2.46. The first kappa shape index (κ1) is 18.0. The van der Waals surface area contributed by atoms with Crippen molar-refractivity contribution >= 4 is 15.9 Å². The first-order valence-electron chi connectivity index (χ1n) is 8.36. The summed E-state index contributed by atoms with van der Waals surface area (Å²) in [5, 5.41) is 0. The Morgan fingerprint density at radius 3 is 2.48 bits per heavy atom. The number of rotatable bonds is 4. The Morgan fingerprint density at radius 1 is 1.16 bits per heavy atom. The van der Waals surface area contributed by atoms with Crippen LogP contribution in [0.2, 0.25) is 0 Å². The lowest BCUT2D eigenvalue weighted by atomic mass is 10.1. The van der Waals surface area contributed by atoms with Crippen LogP contribution < -0.4 is 9.47 Å². The van der Waals surface area contributed by atoms with E-state index in [-0.39, 0.29) is 22.6 Å². The molecule has 0 spiro atoms. The molecule has 2 aliphatic rings. The van der Waals surface area contributed by atoms with Gasteiger partial charge in [-0.2, -0.15) is 4.31 Å². The highest BCUT2D eigenvalue weighted by atomic mass is 32.2. The van der Waals surface area contributed by atoms with Crippen LogP contribution in [-0.2, 0) is 14.8 Å². The smallest absolute Gasteiger partial charge is 0.247 e. The maximum atomic E-state index is 13.3. The molecule has 3 rings (SSSR count). The highest BCUT2D eigenvalue weighted by Crippen LogP contribution is 2.36. The van der Waals surface area contributed by atoms with Crippen LogP contribution in [0.3, 0.4) is 0 Å². The summed E-state index contributed by atoms with van der Waals surface area (Å²) in [4.78, 5) is 14.4. The molecule has 0 aromatic heterocycles. The van der Waals surface area contributed by atoms with E-state index in [9.17, 15) is 13.2 Å². The number of aryl methyl sites for hydroxylation is 1. The monoisotopic (exact) mass is 368 g/mol. The minimum atomic E-state index is -3.89. The van der Waals surface area contributed by atoms with E-state index in [0.717, 1.165) is 18.4 Å². The molecule has 0 bridgehead atoms. The Morgan fingerprint density at radius 2 is 1.84 bits per heavy atom. The number of methoxy groups -OCH3 is 2. The van der Waals surface area contributed by atoms with E-state index in [1.165, 1.54) is 24.6 Å². The number of hydrogen-bond donors (Lipinski definition) is 0. The van der Waals surface area contributed by atoms with Crippen LogP contribution in [-0.4, -0.2) is 62.9 Å². The van der Waals surface area contributed by atoms with Crippen LogP contribution in [0.4, 0.5) is 0 Å². The fourth-order valence-corrected chi connectivity index (χ4v) is 5.48. The topological polar surface area (TPSA) is 76.2 Å². The van der Waals surface area contributed by atoms with Gasteiger partial charge in [0.2, 0.25) is 15.9 Å². The SMILES string of the molecule is COc1cc(S(=O)(=O)N2C[C@@H]3CCCN3C(=O)[C@H]2C)c(OC)cc1C. The molecule has 1 aromatic rings. The molecule has 0 aliphatic carbocycles. The number of sulfonamides is 1. The second kappa shape index (κ2) is 6.49. The Kier molecular flexibility index (Phi) is 4.68. The maximum absolute atomic E-state index is 13.3. The number of ether oxygens (including phenoxy) is 2. The van der Waals surface area contributed by atoms with Gasteiger partial charge in [0, 0.05) is 25.2 Å². The summed E-state index contributed by atoms with van der Waals surface area (Å²) in [6.07, 6.45) is 1.75. The predicted octanol–water partition coefficient (Wildman–Crippen LogP) is 1.40. The third-order valence-corrected chi connectivity index (χ3v) is 7.07. The lowest BCUT2D eigenvalue weighted by molar-refractivity contribution is -0.139. The van der Waals surface area contributed by atoms with Crippen molar-refractivity contribution in [3.63, 3.8) is 0 Å². The van der Waals surface area contributed by atoms with Gasteiger partial charge in [-0.05, 0) is 38.3 Å². The second-order valence-electron chi connectivity index (χ2n) is 6.55. The van der Waals surface area contributed by atoms with E-state index in [0.29, 0.717) is 18.8 Å². The van der Waals surface area contributed by atoms with E-state index in [1.54, 1.807) is 13.0 Å². The van der Waals surface area contributed by atoms with Gasteiger partial charge in [-0.15, -0.1) is 0 Å². The van der Waals surface area contributed by atoms with Gasteiger partial charge in [0.1, 0.15) is 22.4 Å². The fraction of sp³-hybridized carbons (Fsp3) is 0.588. The summed E-state index contributed by atoms with van der Waals surface area (Å²) >= 11 is 0. The molecule has 1 aromatic carbocycles. The summed E-state index contributed by atoms with van der Waals surface area (Å²) in [5.74, 6) is 0.597. The zero-order valence-electron chi connectivity index (χ0n) is 15.0. The zero-order valence-corrected chi connectivity index (χ0v) is 15.8. The van der Waals surface area contributed by atoms with Gasteiger partial charge in [0.25, 0.3) is 0 Å². The molecule has 1 amide bonds. The third-order valence-electron chi connectivity index (χ3n) is 5.11. The van der Waals surface area contributed by atoms with Crippen molar-refractivity contribution < 1.29 is 22.7 Å². The molecule has 8 heteroatoms. The number of piperazine rings is 1. The average Bonchev–Trinajstić information content (AvgIpc) is 3.06. The van der Waals surface area contributed by atoms with Crippen LogP contribution in [0.15, 0.2) is 17.0 Å². The molecular weight excluding hydrogens is 344 g/mol. The standard InChI is InChI=1S/C17H24N2O5S/c1-11-8-15(24-4)16(9-14(11)23-3)25(21,22)19-10-13-6-5-7-18(13)17(20)12(19)2/h8-9,12-13H,5-7,10H2,1-4H3/t12-,13+/m1/s1. The minimum absolute atomic E-state index is 0.0311. The van der Waals surface area contributed by atoms with Gasteiger partial charge >= 0.3 is 0 Å². The Bertz CT molecular complexity index is 792. The summed E-state index contributed by atoms with van der Waals surface area (Å²) < 4.78 is 38.5. The van der Waals surface area contributed by atoms with Crippen molar-refractivity contribution in [1.82, 2.24) is 9.21 Å². The first-order chi connectivity index (χ1) is 11.8. The average molecular weight is 368 g/mol. The number of carbonyl (C=O) groups excluding carboxylic acids is 1. The lowest BCUT2D eigenvalue weighted by Gasteiger charge is -2.40. The van der Waals surface area contributed by atoms with Crippen LogP contribution >= 0.6 is 0 Å². The van der Waals surface area contributed by atoms with Crippen molar-refractivity contribution in [2.45, 2.75) is 43.7 Å². The quantitative estimate of drug-likeness (QED) is 0.803. The Balaban J connectivity index is 2.05. The molecule has 2 atom stereocenters. The van der Waals surface area contributed by atoms with Crippen LogP contribution in [0.25, 0.3) is 0 Å². The normalized spacial score (nSPS) is 24.3. The van der Waals surface area contributed by atoms with E-state index >= 15 is 0 Å². The molecule has 0 unspecified atom stereocenters. The third kappa shape index (κ3) is 2.87. The summed E-state index contributed by atoms with van der Waals surface area (Å²) in [6.45, 7) is 4.49. The minimum Gasteiger partial charge on any atom is -0.496 e. The van der Waals surface area contributed by atoms with Gasteiger partial charge in [0.15, 0.2) is 0 Å². The highest BCUT2D eigenvalue weighted by molar-refractivity contribution is 7.89. The number of nitrogens with zero attached hydrogens (tertiary/aromatic N) is 2. The van der Waals surface area contributed by atoms with Gasteiger partial charge < -0.3 is 14.4 Å². The van der Waals surface area contributed by atoms with Gasteiger partial charge in [-0.25, -0.2) is 8.42 Å². The molecule has 0 N–H and O–H groups in total. The van der Waals surface area contributed by atoms with E-state index in [2.05, 4.69) is 0 Å². The van der Waals surface area contributed by atoms with Crippen molar-refractivity contribution in [3.8, 4) is 11.5 Å². The van der Waals surface area contributed by atoms with Crippen molar-refractivity contribution in [2.75, 3.05) is 27.3 Å². The Hall–Kier alpha value is -1.80. The molecule has 0 saturated carbocycles. The molecule has 0 radical (unpaired) electrons. The van der Waals surface area contributed by atoms with Crippen LogP contribution in [0.1, 0.15) is 25.3 Å². The largest absolute Gasteiger partial charge is 0.496 e. The molecule has 138 valence electrons. The molecule has 2 fully saturated rings. The molecule has 2 heterocycles. The zero-order chi connectivity index (χ0) is 18.4. The number of hydrogen-bond acceptors (Lipinski definition) is 5.